The molecule has 1 N–H and O–H groups in total. The van der Waals surface area contributed by atoms with Crippen molar-refractivity contribution in [2.45, 2.75) is 24.8 Å². The highest BCUT2D eigenvalue weighted by molar-refractivity contribution is 7.90. The molecule has 3 aromatic carbocycles. The van der Waals surface area contributed by atoms with Crippen LogP contribution in [0.3, 0.4) is 0 Å². The molecule has 35 heavy (non-hydrogen) atoms. The van der Waals surface area contributed by atoms with Gasteiger partial charge in [-0.15, -0.1) is 11.3 Å². The number of amides is 1. The molecular weight excluding hydrogens is 478 g/mol. The molecule has 4 aromatic rings. The average Bonchev–Trinajstić information content (AvgIpc) is 3.26. The van der Waals surface area contributed by atoms with E-state index >= 15 is 0 Å². The Morgan fingerprint density at radius 3 is 2.20 bits per heavy atom. The predicted molar refractivity (Wildman–Crippen MR) is 140 cm³/mol. The Labute approximate surface area is 210 Å². The van der Waals surface area contributed by atoms with E-state index in [4.69, 9.17) is 0 Å². The van der Waals surface area contributed by atoms with Gasteiger partial charge in [-0.25, -0.2) is 18.1 Å². The summed E-state index contributed by atoms with van der Waals surface area (Å²) < 4.78 is 27.9. The molecule has 0 aliphatic rings. The molecular formula is C27H27N3O3S2. The molecule has 0 bridgehead atoms. The first-order valence-electron chi connectivity index (χ1n) is 11.2. The zero-order valence-corrected chi connectivity index (χ0v) is 21.3. The van der Waals surface area contributed by atoms with E-state index in [2.05, 4.69) is 26.7 Å². The van der Waals surface area contributed by atoms with Gasteiger partial charge in [-0.3, -0.25) is 4.79 Å². The number of nitrogens with zero attached hydrogens (tertiary/aromatic N) is 2. The molecule has 0 unspecified atom stereocenters. The number of aryl methyl sites for hydroxylation is 1. The van der Waals surface area contributed by atoms with Crippen LogP contribution in [0.2, 0.25) is 0 Å². The second kappa shape index (κ2) is 10.9. The standard InChI is InChI=1S/C27H27N3O3S2/c1-20-25(34-27(28-20)23-11-7-4-8-12-23)26(31)29-35(32,33)24-15-13-22(14-16-24)19-30(2)18-17-21-9-5-3-6-10-21/h3-16H,17-19H2,1-2H3,(H,29,31). The quantitative estimate of drug-likeness (QED) is 0.350. The van der Waals surface area contributed by atoms with Gasteiger partial charge in [0.15, 0.2) is 0 Å². The summed E-state index contributed by atoms with van der Waals surface area (Å²) in [4.78, 5) is 19.7. The van der Waals surface area contributed by atoms with Gasteiger partial charge >= 0.3 is 0 Å². The molecule has 1 amide bonds. The normalized spacial score (nSPS) is 11.5. The molecule has 4 rings (SSSR count). The summed E-state index contributed by atoms with van der Waals surface area (Å²) in [5.41, 5.74) is 3.66. The lowest BCUT2D eigenvalue weighted by Gasteiger charge is -2.17. The molecule has 0 saturated carbocycles. The molecule has 0 spiro atoms. The van der Waals surface area contributed by atoms with Crippen molar-refractivity contribution in [2.75, 3.05) is 13.6 Å². The summed E-state index contributed by atoms with van der Waals surface area (Å²) in [6.07, 6.45) is 0.943. The highest BCUT2D eigenvalue weighted by atomic mass is 32.2. The SMILES string of the molecule is Cc1nc(-c2ccccc2)sc1C(=O)NS(=O)(=O)c1ccc(CN(C)CCc2ccccc2)cc1. The number of hydrogen-bond donors (Lipinski definition) is 1. The average molecular weight is 506 g/mol. The predicted octanol–water partition coefficient (Wildman–Crippen LogP) is 4.91. The van der Waals surface area contributed by atoms with Crippen molar-refractivity contribution in [3.8, 4) is 10.6 Å². The van der Waals surface area contributed by atoms with Crippen molar-refractivity contribution in [3.05, 3.63) is 107 Å². The highest BCUT2D eigenvalue weighted by Gasteiger charge is 2.23. The summed E-state index contributed by atoms with van der Waals surface area (Å²) in [6.45, 7) is 3.29. The molecule has 0 atom stereocenters. The number of rotatable bonds is 9. The van der Waals surface area contributed by atoms with Gasteiger partial charge in [-0.1, -0.05) is 72.8 Å². The number of carbonyl (C=O) groups excluding carboxylic acids is 1. The molecule has 1 heterocycles. The molecule has 0 aliphatic heterocycles. The molecule has 6 nitrogen and oxygen atoms in total. The summed E-state index contributed by atoms with van der Waals surface area (Å²) >= 11 is 1.18. The molecule has 8 heteroatoms. The molecule has 180 valence electrons. The fourth-order valence-corrected chi connectivity index (χ4v) is 5.66. The van der Waals surface area contributed by atoms with E-state index in [-0.39, 0.29) is 9.77 Å². The van der Waals surface area contributed by atoms with Crippen LogP contribution in [0.15, 0.2) is 89.8 Å². The number of likely N-dealkylation sites (N-methyl/N-ethyl adjacent to an activating group) is 1. The zero-order chi connectivity index (χ0) is 24.8. The third kappa shape index (κ3) is 6.42. The fourth-order valence-electron chi connectivity index (χ4n) is 3.67. The maximum Gasteiger partial charge on any atom is 0.277 e. The van der Waals surface area contributed by atoms with Gasteiger partial charge in [-0.05, 0) is 43.7 Å². The van der Waals surface area contributed by atoms with Crippen LogP contribution in [0.25, 0.3) is 10.6 Å². The van der Waals surface area contributed by atoms with Crippen LogP contribution in [0, 0.1) is 6.92 Å². The van der Waals surface area contributed by atoms with Crippen LogP contribution in [-0.2, 0) is 23.0 Å². The van der Waals surface area contributed by atoms with Gasteiger partial charge in [0.1, 0.15) is 9.88 Å². The first kappa shape index (κ1) is 24.8. The number of carbonyl (C=O) groups is 1. The van der Waals surface area contributed by atoms with Crippen molar-refractivity contribution in [2.24, 2.45) is 0 Å². The third-order valence-electron chi connectivity index (χ3n) is 5.56. The van der Waals surface area contributed by atoms with E-state index in [1.54, 1.807) is 19.1 Å². The van der Waals surface area contributed by atoms with E-state index < -0.39 is 15.9 Å². The molecule has 1 aromatic heterocycles. The summed E-state index contributed by atoms with van der Waals surface area (Å²) in [6, 6.07) is 26.4. The first-order valence-corrected chi connectivity index (χ1v) is 13.5. The fraction of sp³-hybridized carbons (Fsp3) is 0.185. The Balaban J connectivity index is 1.38. The summed E-state index contributed by atoms with van der Waals surface area (Å²) in [5.74, 6) is -0.674. The lowest BCUT2D eigenvalue weighted by Crippen LogP contribution is -2.30. The van der Waals surface area contributed by atoms with Crippen LogP contribution < -0.4 is 4.72 Å². The van der Waals surface area contributed by atoms with Gasteiger partial charge in [0.2, 0.25) is 0 Å². The number of hydrogen-bond acceptors (Lipinski definition) is 6. The van der Waals surface area contributed by atoms with E-state index in [1.807, 2.05) is 55.6 Å². The Bertz CT molecular complexity index is 1380. The Morgan fingerprint density at radius 2 is 1.54 bits per heavy atom. The molecule has 0 aliphatic carbocycles. The first-order chi connectivity index (χ1) is 16.8. The minimum Gasteiger partial charge on any atom is -0.302 e. The summed E-state index contributed by atoms with van der Waals surface area (Å²) in [7, 11) is -1.97. The smallest absolute Gasteiger partial charge is 0.277 e. The second-order valence-corrected chi connectivity index (χ2v) is 11.0. The minimum atomic E-state index is -4.01. The van der Waals surface area contributed by atoms with E-state index in [1.165, 1.54) is 29.0 Å². The third-order valence-corrected chi connectivity index (χ3v) is 8.11. The monoisotopic (exact) mass is 505 g/mol. The van der Waals surface area contributed by atoms with Crippen molar-refractivity contribution >= 4 is 27.3 Å². The van der Waals surface area contributed by atoms with Crippen molar-refractivity contribution < 1.29 is 13.2 Å². The maximum absolute atomic E-state index is 12.8. The van der Waals surface area contributed by atoms with Gasteiger partial charge in [0.25, 0.3) is 15.9 Å². The van der Waals surface area contributed by atoms with Crippen molar-refractivity contribution in [3.63, 3.8) is 0 Å². The lowest BCUT2D eigenvalue weighted by atomic mass is 10.1. The molecule has 0 radical (unpaired) electrons. The number of nitrogens with one attached hydrogen (secondary N) is 1. The number of benzene rings is 3. The van der Waals surface area contributed by atoms with Crippen LogP contribution in [0.5, 0.6) is 0 Å². The van der Waals surface area contributed by atoms with E-state index in [9.17, 15) is 13.2 Å². The van der Waals surface area contributed by atoms with Gasteiger partial charge in [0.05, 0.1) is 10.6 Å². The van der Waals surface area contributed by atoms with E-state index in [0.717, 1.165) is 24.1 Å². The van der Waals surface area contributed by atoms with Crippen LogP contribution in [-0.4, -0.2) is 37.8 Å². The van der Waals surface area contributed by atoms with Crippen LogP contribution >= 0.6 is 11.3 Å². The minimum absolute atomic E-state index is 0.0481. The van der Waals surface area contributed by atoms with Crippen LogP contribution in [0.1, 0.15) is 26.5 Å². The van der Waals surface area contributed by atoms with Crippen LogP contribution in [0.4, 0.5) is 0 Å². The Hall–Kier alpha value is -3.33. The van der Waals surface area contributed by atoms with Gasteiger partial charge < -0.3 is 4.90 Å². The second-order valence-electron chi connectivity index (χ2n) is 8.35. The highest BCUT2D eigenvalue weighted by Crippen LogP contribution is 2.28. The van der Waals surface area contributed by atoms with Crippen molar-refractivity contribution in [1.82, 2.24) is 14.6 Å². The van der Waals surface area contributed by atoms with E-state index in [0.29, 0.717) is 17.2 Å². The lowest BCUT2D eigenvalue weighted by molar-refractivity contribution is 0.0984. The number of aromatic nitrogens is 1. The molecule has 0 fully saturated rings. The number of thiazole rings is 1. The zero-order valence-electron chi connectivity index (χ0n) is 19.6. The largest absolute Gasteiger partial charge is 0.302 e. The Kier molecular flexibility index (Phi) is 7.75. The van der Waals surface area contributed by atoms with Gasteiger partial charge in [-0.2, -0.15) is 0 Å². The molecule has 0 saturated heterocycles. The van der Waals surface area contributed by atoms with Crippen molar-refractivity contribution in [1.29, 1.82) is 0 Å². The summed E-state index contributed by atoms with van der Waals surface area (Å²) in [5, 5.41) is 0.673. The number of sulfonamides is 1. The maximum atomic E-state index is 12.8. The van der Waals surface area contributed by atoms with Gasteiger partial charge in [0, 0.05) is 18.7 Å². The topological polar surface area (TPSA) is 79.4 Å². The Morgan fingerprint density at radius 1 is 0.914 bits per heavy atom.